The summed E-state index contributed by atoms with van der Waals surface area (Å²) in [5.74, 6) is 0.717. The van der Waals surface area contributed by atoms with Crippen LogP contribution in [-0.4, -0.2) is 12.0 Å². The molecule has 2 aromatic rings. The van der Waals surface area contributed by atoms with Crippen molar-refractivity contribution < 1.29 is 9.53 Å². The molecule has 5 heteroatoms. The molecule has 0 aliphatic carbocycles. The van der Waals surface area contributed by atoms with Gasteiger partial charge >= 0.3 is 0 Å². The molecule has 0 bridgehead atoms. The second kappa shape index (κ2) is 6.38. The van der Waals surface area contributed by atoms with Gasteiger partial charge in [0.05, 0.1) is 14.6 Å². The van der Waals surface area contributed by atoms with Crippen molar-refractivity contribution in [1.29, 1.82) is 0 Å². The number of anilines is 1. The fourth-order valence-corrected chi connectivity index (χ4v) is 2.85. The highest BCUT2D eigenvalue weighted by atomic mass is 127. The second-order valence-electron chi connectivity index (χ2n) is 4.28. The van der Waals surface area contributed by atoms with Crippen LogP contribution in [0.1, 0.15) is 24.2 Å². The quantitative estimate of drug-likeness (QED) is 0.791. The number of halogens is 1. The van der Waals surface area contributed by atoms with Crippen LogP contribution < -0.4 is 10.1 Å². The summed E-state index contributed by atoms with van der Waals surface area (Å²) < 4.78 is 6.65. The summed E-state index contributed by atoms with van der Waals surface area (Å²) in [7, 11) is 0. The number of carbonyl (C=O) groups is 1. The average Bonchev–Trinajstić information content (AvgIpc) is 2.78. The zero-order valence-corrected chi connectivity index (χ0v) is 13.6. The molecule has 0 saturated heterocycles. The largest absolute Gasteiger partial charge is 0.491 e. The van der Waals surface area contributed by atoms with E-state index in [0.29, 0.717) is 5.56 Å². The van der Waals surface area contributed by atoms with E-state index in [0.717, 1.165) is 14.3 Å². The number of amides is 1. The molecule has 1 aromatic heterocycles. The van der Waals surface area contributed by atoms with Crippen LogP contribution >= 0.6 is 33.9 Å². The van der Waals surface area contributed by atoms with E-state index in [1.165, 1.54) is 0 Å². The van der Waals surface area contributed by atoms with E-state index in [-0.39, 0.29) is 12.0 Å². The van der Waals surface area contributed by atoms with Gasteiger partial charge in [0, 0.05) is 11.1 Å². The molecule has 2 rings (SSSR count). The zero-order valence-electron chi connectivity index (χ0n) is 10.6. The predicted molar refractivity (Wildman–Crippen MR) is 87.2 cm³/mol. The van der Waals surface area contributed by atoms with Gasteiger partial charge < -0.3 is 10.1 Å². The van der Waals surface area contributed by atoms with Crippen molar-refractivity contribution in [2.75, 3.05) is 5.32 Å². The van der Waals surface area contributed by atoms with Gasteiger partial charge in [-0.25, -0.2) is 0 Å². The Labute approximate surface area is 130 Å². The highest BCUT2D eigenvalue weighted by Crippen LogP contribution is 2.20. The fourth-order valence-electron chi connectivity index (χ4n) is 1.52. The van der Waals surface area contributed by atoms with E-state index in [1.807, 2.05) is 49.6 Å². The van der Waals surface area contributed by atoms with Crippen LogP contribution in [0.25, 0.3) is 0 Å². The third-order valence-corrected chi connectivity index (χ3v) is 4.10. The van der Waals surface area contributed by atoms with Gasteiger partial charge in [-0.1, -0.05) is 0 Å². The average molecular weight is 387 g/mol. The van der Waals surface area contributed by atoms with E-state index < -0.39 is 0 Å². The number of carbonyl (C=O) groups excluding carboxylic acids is 1. The summed E-state index contributed by atoms with van der Waals surface area (Å²) in [5, 5.41) is 4.72. The lowest BCUT2D eigenvalue weighted by Crippen LogP contribution is -2.11. The maximum Gasteiger partial charge on any atom is 0.256 e. The van der Waals surface area contributed by atoms with Crippen molar-refractivity contribution in [3.05, 3.63) is 44.2 Å². The smallest absolute Gasteiger partial charge is 0.256 e. The SMILES string of the molecule is CC(C)Oc1ccc(NC(=O)c2csc(I)c2)cc1. The number of hydrogen-bond acceptors (Lipinski definition) is 3. The summed E-state index contributed by atoms with van der Waals surface area (Å²) in [6.45, 7) is 3.96. The summed E-state index contributed by atoms with van der Waals surface area (Å²) in [6.07, 6.45) is 0.147. The molecular formula is C14H14INO2S. The van der Waals surface area contributed by atoms with E-state index in [9.17, 15) is 4.79 Å². The molecule has 0 spiro atoms. The Bertz CT molecular complexity index is 563. The summed E-state index contributed by atoms with van der Waals surface area (Å²) in [5.41, 5.74) is 1.46. The molecule has 1 amide bonds. The lowest BCUT2D eigenvalue weighted by molar-refractivity contribution is 0.102. The number of rotatable bonds is 4. The molecule has 0 fully saturated rings. The van der Waals surface area contributed by atoms with Crippen molar-refractivity contribution >= 4 is 45.5 Å². The standard InChI is InChI=1S/C14H14INO2S/c1-9(2)18-12-5-3-11(4-6-12)16-14(17)10-7-13(15)19-8-10/h3-9H,1-2H3,(H,16,17). The lowest BCUT2D eigenvalue weighted by Gasteiger charge is -2.10. The van der Waals surface area contributed by atoms with Crippen LogP contribution in [-0.2, 0) is 0 Å². The molecule has 1 aromatic carbocycles. The number of nitrogens with one attached hydrogen (secondary N) is 1. The number of hydrogen-bond donors (Lipinski definition) is 1. The first-order chi connectivity index (χ1) is 9.04. The van der Waals surface area contributed by atoms with Crippen LogP contribution in [0.5, 0.6) is 5.75 Å². The second-order valence-corrected chi connectivity index (χ2v) is 7.09. The van der Waals surface area contributed by atoms with E-state index in [2.05, 4.69) is 27.9 Å². The lowest BCUT2D eigenvalue weighted by atomic mass is 10.2. The Balaban J connectivity index is 2.01. The maximum atomic E-state index is 12.0. The number of benzene rings is 1. The summed E-state index contributed by atoms with van der Waals surface area (Å²) >= 11 is 3.76. The third kappa shape index (κ3) is 4.21. The molecule has 100 valence electrons. The highest BCUT2D eigenvalue weighted by molar-refractivity contribution is 14.1. The van der Waals surface area contributed by atoms with Crippen molar-refractivity contribution in [2.24, 2.45) is 0 Å². The first-order valence-electron chi connectivity index (χ1n) is 5.86. The molecule has 0 aliphatic rings. The molecule has 1 N–H and O–H groups in total. The van der Waals surface area contributed by atoms with Crippen LogP contribution in [0.2, 0.25) is 0 Å². The van der Waals surface area contributed by atoms with Gasteiger partial charge in [-0.15, -0.1) is 11.3 Å². The van der Waals surface area contributed by atoms with Gasteiger partial charge in [-0.2, -0.15) is 0 Å². The monoisotopic (exact) mass is 387 g/mol. The molecular weight excluding hydrogens is 373 g/mol. The minimum Gasteiger partial charge on any atom is -0.491 e. The molecule has 0 aliphatic heterocycles. The molecule has 3 nitrogen and oxygen atoms in total. The number of thiophene rings is 1. The van der Waals surface area contributed by atoms with Gasteiger partial charge in [0.15, 0.2) is 0 Å². The zero-order chi connectivity index (χ0) is 13.8. The molecule has 0 radical (unpaired) electrons. The van der Waals surface area contributed by atoms with Gasteiger partial charge in [0.1, 0.15) is 5.75 Å². The minimum absolute atomic E-state index is 0.0864. The Morgan fingerprint density at radius 3 is 2.53 bits per heavy atom. The van der Waals surface area contributed by atoms with Crippen molar-refractivity contribution in [1.82, 2.24) is 0 Å². The first-order valence-corrected chi connectivity index (χ1v) is 7.82. The minimum atomic E-state index is -0.0864. The molecule has 0 atom stereocenters. The van der Waals surface area contributed by atoms with Crippen LogP contribution in [0.15, 0.2) is 35.7 Å². The van der Waals surface area contributed by atoms with E-state index >= 15 is 0 Å². The fraction of sp³-hybridized carbons (Fsp3) is 0.214. The molecule has 0 saturated carbocycles. The van der Waals surface area contributed by atoms with Crippen molar-refractivity contribution in [3.8, 4) is 5.75 Å². The molecule has 19 heavy (non-hydrogen) atoms. The number of ether oxygens (including phenoxy) is 1. The van der Waals surface area contributed by atoms with Crippen molar-refractivity contribution in [3.63, 3.8) is 0 Å². The van der Waals surface area contributed by atoms with Gasteiger partial charge in [-0.3, -0.25) is 4.79 Å². The van der Waals surface area contributed by atoms with Gasteiger partial charge in [0.25, 0.3) is 5.91 Å². The van der Waals surface area contributed by atoms with E-state index in [4.69, 9.17) is 4.74 Å². The maximum absolute atomic E-state index is 12.0. The van der Waals surface area contributed by atoms with Crippen molar-refractivity contribution in [2.45, 2.75) is 20.0 Å². The van der Waals surface area contributed by atoms with Crippen LogP contribution in [0.3, 0.4) is 0 Å². The van der Waals surface area contributed by atoms with Gasteiger partial charge in [0.2, 0.25) is 0 Å². The topological polar surface area (TPSA) is 38.3 Å². The van der Waals surface area contributed by atoms with Crippen LogP contribution in [0.4, 0.5) is 5.69 Å². The highest BCUT2D eigenvalue weighted by Gasteiger charge is 2.08. The predicted octanol–water partition coefficient (Wildman–Crippen LogP) is 4.39. The Hall–Kier alpha value is -1.08. The molecule has 1 heterocycles. The van der Waals surface area contributed by atoms with Crippen LogP contribution in [0, 0.1) is 2.88 Å². The summed E-state index contributed by atoms with van der Waals surface area (Å²) in [6, 6.07) is 9.26. The Kier molecular flexibility index (Phi) is 4.81. The summed E-state index contributed by atoms with van der Waals surface area (Å²) in [4.78, 5) is 12.0. The Morgan fingerprint density at radius 1 is 1.32 bits per heavy atom. The van der Waals surface area contributed by atoms with E-state index in [1.54, 1.807) is 11.3 Å². The van der Waals surface area contributed by atoms with Gasteiger partial charge in [-0.05, 0) is 66.8 Å². The Morgan fingerprint density at radius 2 is 2.00 bits per heavy atom. The normalized spacial score (nSPS) is 10.5. The first kappa shape index (κ1) is 14.3. The molecule has 0 unspecified atom stereocenters. The third-order valence-electron chi connectivity index (χ3n) is 2.31.